The Morgan fingerprint density at radius 1 is 1.33 bits per heavy atom. The molecule has 0 aliphatic rings. The van der Waals surface area contributed by atoms with Gasteiger partial charge >= 0.3 is 0 Å². The van der Waals surface area contributed by atoms with E-state index in [4.69, 9.17) is 0 Å². The molecule has 1 amide bonds. The van der Waals surface area contributed by atoms with Gasteiger partial charge in [-0.2, -0.15) is 0 Å². The number of carbonyl (C=O) groups excluding carboxylic acids is 1. The van der Waals surface area contributed by atoms with Crippen LogP contribution in [0, 0.1) is 5.41 Å². The maximum atomic E-state index is 11.1. The van der Waals surface area contributed by atoms with Gasteiger partial charge in [-0.3, -0.25) is 4.79 Å². The third-order valence-corrected chi connectivity index (χ3v) is 3.45. The van der Waals surface area contributed by atoms with Crippen LogP contribution in [0.4, 0.5) is 5.69 Å². The van der Waals surface area contributed by atoms with E-state index in [1.54, 1.807) is 0 Å². The smallest absolute Gasteiger partial charge is 0.247 e. The van der Waals surface area contributed by atoms with Crippen molar-refractivity contribution in [3.8, 4) is 0 Å². The van der Waals surface area contributed by atoms with Gasteiger partial charge < -0.3 is 5.32 Å². The van der Waals surface area contributed by atoms with Crippen molar-refractivity contribution in [1.82, 2.24) is 0 Å². The third kappa shape index (κ3) is 4.74. The van der Waals surface area contributed by atoms with Gasteiger partial charge in [-0.25, -0.2) is 0 Å². The summed E-state index contributed by atoms with van der Waals surface area (Å²) < 4.78 is 0. The van der Waals surface area contributed by atoms with Gasteiger partial charge in [0.15, 0.2) is 0 Å². The van der Waals surface area contributed by atoms with Gasteiger partial charge in [0.05, 0.1) is 0 Å². The Hall–Kier alpha value is -1.57. The zero-order valence-corrected chi connectivity index (χ0v) is 11.6. The molecule has 0 fully saturated rings. The van der Waals surface area contributed by atoms with Crippen LogP contribution in [0.15, 0.2) is 36.9 Å². The zero-order valence-electron chi connectivity index (χ0n) is 11.6. The van der Waals surface area contributed by atoms with E-state index < -0.39 is 0 Å². The number of carbonyl (C=O) groups is 1. The summed E-state index contributed by atoms with van der Waals surface area (Å²) in [5.74, 6) is -0.171. The Kier molecular flexibility index (Phi) is 5.14. The molecular formula is C16H23NO. The fourth-order valence-electron chi connectivity index (χ4n) is 1.61. The molecule has 1 aromatic rings. The molecule has 0 radical (unpaired) electrons. The van der Waals surface area contributed by atoms with Crippen molar-refractivity contribution in [3.05, 3.63) is 42.5 Å². The van der Waals surface area contributed by atoms with E-state index in [1.807, 2.05) is 12.1 Å². The first-order valence-corrected chi connectivity index (χ1v) is 6.49. The van der Waals surface area contributed by atoms with Crippen LogP contribution in [-0.2, 0) is 11.2 Å². The van der Waals surface area contributed by atoms with Gasteiger partial charge in [-0.15, -0.1) is 0 Å². The lowest BCUT2D eigenvalue weighted by Crippen LogP contribution is -2.10. The second-order valence-corrected chi connectivity index (χ2v) is 5.41. The first-order valence-electron chi connectivity index (χ1n) is 6.49. The minimum Gasteiger partial charge on any atom is -0.323 e. The van der Waals surface area contributed by atoms with Crippen molar-refractivity contribution >= 4 is 11.6 Å². The number of hydrogen-bond acceptors (Lipinski definition) is 1. The Morgan fingerprint density at radius 3 is 2.44 bits per heavy atom. The topological polar surface area (TPSA) is 29.1 Å². The van der Waals surface area contributed by atoms with Crippen LogP contribution in [0.1, 0.15) is 39.2 Å². The number of hydrogen-bond donors (Lipinski definition) is 1. The van der Waals surface area contributed by atoms with E-state index in [1.165, 1.54) is 24.5 Å². The van der Waals surface area contributed by atoms with Gasteiger partial charge in [0.2, 0.25) is 5.91 Å². The Labute approximate surface area is 110 Å². The van der Waals surface area contributed by atoms with Gasteiger partial charge in [0.25, 0.3) is 0 Å². The summed E-state index contributed by atoms with van der Waals surface area (Å²) >= 11 is 0. The van der Waals surface area contributed by atoms with Gasteiger partial charge in [0, 0.05) is 5.69 Å². The number of aryl methyl sites for hydroxylation is 1. The monoisotopic (exact) mass is 245 g/mol. The second-order valence-electron chi connectivity index (χ2n) is 5.41. The van der Waals surface area contributed by atoms with E-state index in [9.17, 15) is 4.79 Å². The molecule has 1 N–H and O–H groups in total. The molecule has 0 atom stereocenters. The lowest BCUT2D eigenvalue weighted by molar-refractivity contribution is -0.111. The normalized spacial score (nSPS) is 11.1. The lowest BCUT2D eigenvalue weighted by atomic mass is 9.84. The zero-order chi connectivity index (χ0) is 13.6. The van der Waals surface area contributed by atoms with Gasteiger partial charge in [0.1, 0.15) is 0 Å². The molecule has 2 heteroatoms. The summed E-state index contributed by atoms with van der Waals surface area (Å²) in [4.78, 5) is 11.1. The molecule has 98 valence electrons. The third-order valence-electron chi connectivity index (χ3n) is 3.45. The predicted octanol–water partition coefficient (Wildman–Crippen LogP) is 4.18. The average molecular weight is 245 g/mol. The highest BCUT2D eigenvalue weighted by molar-refractivity contribution is 5.98. The van der Waals surface area contributed by atoms with Crippen LogP contribution in [0.25, 0.3) is 0 Å². The van der Waals surface area contributed by atoms with Crippen molar-refractivity contribution in [3.63, 3.8) is 0 Å². The molecule has 0 bridgehead atoms. The second kappa shape index (κ2) is 6.39. The number of benzene rings is 1. The Morgan fingerprint density at radius 2 is 1.94 bits per heavy atom. The highest BCUT2D eigenvalue weighted by Gasteiger charge is 2.14. The molecule has 1 aromatic carbocycles. The van der Waals surface area contributed by atoms with Crippen molar-refractivity contribution in [2.24, 2.45) is 5.41 Å². The first kappa shape index (κ1) is 14.5. The molecule has 0 unspecified atom stereocenters. The summed E-state index contributed by atoms with van der Waals surface area (Å²) in [6, 6.07) is 8.03. The van der Waals surface area contributed by atoms with E-state index in [0.717, 1.165) is 12.1 Å². The standard InChI is InChI=1S/C16H23NO/c1-5-15(18)17-14-9-7-13(8-10-14)11-12-16(3,4)6-2/h5,7-10H,1,6,11-12H2,2-4H3,(H,17,18). The fraction of sp³-hybridized carbons (Fsp3) is 0.438. The van der Waals surface area contributed by atoms with E-state index in [2.05, 4.69) is 44.8 Å². The van der Waals surface area contributed by atoms with Crippen molar-refractivity contribution < 1.29 is 4.79 Å². The molecule has 1 rings (SSSR count). The minimum absolute atomic E-state index is 0.171. The van der Waals surface area contributed by atoms with Crippen molar-refractivity contribution in [2.45, 2.75) is 40.0 Å². The van der Waals surface area contributed by atoms with E-state index >= 15 is 0 Å². The molecule has 0 heterocycles. The summed E-state index contributed by atoms with van der Waals surface area (Å²) in [5, 5.41) is 2.75. The van der Waals surface area contributed by atoms with Crippen LogP contribution in [0.2, 0.25) is 0 Å². The SMILES string of the molecule is C=CC(=O)Nc1ccc(CCC(C)(C)CC)cc1. The number of rotatable bonds is 6. The number of amides is 1. The summed E-state index contributed by atoms with van der Waals surface area (Å²) in [6.07, 6.45) is 4.73. The van der Waals surface area contributed by atoms with E-state index in [0.29, 0.717) is 5.41 Å². The summed E-state index contributed by atoms with van der Waals surface area (Å²) in [5.41, 5.74) is 2.53. The van der Waals surface area contributed by atoms with Crippen molar-refractivity contribution in [2.75, 3.05) is 5.32 Å². The molecule has 2 nitrogen and oxygen atoms in total. The predicted molar refractivity (Wildman–Crippen MR) is 77.7 cm³/mol. The van der Waals surface area contributed by atoms with Crippen LogP contribution < -0.4 is 5.32 Å². The maximum Gasteiger partial charge on any atom is 0.247 e. The van der Waals surface area contributed by atoms with E-state index in [-0.39, 0.29) is 5.91 Å². The quantitative estimate of drug-likeness (QED) is 0.748. The van der Waals surface area contributed by atoms with Crippen LogP contribution >= 0.6 is 0 Å². The highest BCUT2D eigenvalue weighted by Crippen LogP contribution is 2.26. The number of nitrogens with one attached hydrogen (secondary N) is 1. The first-order chi connectivity index (χ1) is 8.46. The van der Waals surface area contributed by atoms with Gasteiger partial charge in [-0.1, -0.05) is 45.9 Å². The fourth-order valence-corrected chi connectivity index (χ4v) is 1.61. The largest absolute Gasteiger partial charge is 0.323 e. The minimum atomic E-state index is -0.171. The average Bonchev–Trinajstić information content (AvgIpc) is 2.38. The van der Waals surface area contributed by atoms with Crippen LogP contribution in [-0.4, -0.2) is 5.91 Å². The molecular weight excluding hydrogens is 222 g/mol. The van der Waals surface area contributed by atoms with Crippen molar-refractivity contribution in [1.29, 1.82) is 0 Å². The Balaban J connectivity index is 2.55. The molecule has 0 spiro atoms. The lowest BCUT2D eigenvalue weighted by Gasteiger charge is -2.22. The summed E-state index contributed by atoms with van der Waals surface area (Å²) in [7, 11) is 0. The maximum absolute atomic E-state index is 11.1. The molecule has 0 aromatic heterocycles. The van der Waals surface area contributed by atoms with Crippen LogP contribution in [0.3, 0.4) is 0 Å². The Bertz CT molecular complexity index is 404. The highest BCUT2D eigenvalue weighted by atomic mass is 16.1. The van der Waals surface area contributed by atoms with Crippen LogP contribution in [0.5, 0.6) is 0 Å². The molecule has 18 heavy (non-hydrogen) atoms. The molecule has 0 aliphatic carbocycles. The molecule has 0 saturated carbocycles. The molecule has 0 aliphatic heterocycles. The van der Waals surface area contributed by atoms with Gasteiger partial charge in [-0.05, 0) is 42.0 Å². The molecule has 0 saturated heterocycles. The number of anilines is 1. The summed E-state index contributed by atoms with van der Waals surface area (Å²) in [6.45, 7) is 10.3.